The Morgan fingerprint density at radius 2 is 2.18 bits per heavy atom. The zero-order valence-electron chi connectivity index (χ0n) is 9.03. The van der Waals surface area contributed by atoms with Gasteiger partial charge in [-0.3, -0.25) is 0 Å². The van der Waals surface area contributed by atoms with Gasteiger partial charge in [0.05, 0.1) is 0 Å². The lowest BCUT2D eigenvalue weighted by Gasteiger charge is -2.03. The maximum atomic E-state index is 10.5. The predicted molar refractivity (Wildman–Crippen MR) is 62.9 cm³/mol. The van der Waals surface area contributed by atoms with Crippen LogP contribution in [0.25, 0.3) is 10.9 Å². The third-order valence-corrected chi connectivity index (χ3v) is 2.57. The molecule has 1 aromatic heterocycles. The number of H-pyrrole nitrogens is 1. The SMILES string of the molecule is NC(=O)NCCc1c[nH]c2ccc(O)c(O)c12. The minimum atomic E-state index is -0.586. The van der Waals surface area contributed by atoms with Crippen LogP contribution in [-0.2, 0) is 6.42 Å². The standard InChI is InChI=1S/C11H13N3O3/c12-11(17)13-4-3-6-5-14-7-1-2-8(15)10(16)9(6)7/h1-2,5,14-16H,3-4H2,(H3,12,13,17). The number of hydrogen-bond donors (Lipinski definition) is 5. The number of fused-ring (bicyclic) bond motifs is 1. The Kier molecular flexibility index (Phi) is 2.78. The number of nitrogens with two attached hydrogens (primary N) is 1. The molecule has 0 radical (unpaired) electrons. The number of benzene rings is 1. The van der Waals surface area contributed by atoms with Crippen molar-refractivity contribution in [1.29, 1.82) is 0 Å². The van der Waals surface area contributed by atoms with E-state index in [1.807, 2.05) is 0 Å². The molecule has 0 spiro atoms. The summed E-state index contributed by atoms with van der Waals surface area (Å²) in [6.07, 6.45) is 2.24. The molecule has 1 aromatic carbocycles. The molecular formula is C11H13N3O3. The van der Waals surface area contributed by atoms with E-state index in [2.05, 4.69) is 10.3 Å². The van der Waals surface area contributed by atoms with Crippen molar-refractivity contribution in [3.05, 3.63) is 23.9 Å². The molecule has 6 nitrogen and oxygen atoms in total. The first-order valence-corrected chi connectivity index (χ1v) is 5.14. The van der Waals surface area contributed by atoms with Crippen molar-refractivity contribution >= 4 is 16.9 Å². The Morgan fingerprint density at radius 1 is 1.41 bits per heavy atom. The molecule has 0 unspecified atom stereocenters. The highest BCUT2D eigenvalue weighted by molar-refractivity contribution is 5.91. The van der Waals surface area contributed by atoms with Crippen LogP contribution >= 0.6 is 0 Å². The Morgan fingerprint density at radius 3 is 2.88 bits per heavy atom. The maximum Gasteiger partial charge on any atom is 0.312 e. The second-order valence-electron chi connectivity index (χ2n) is 3.71. The number of aromatic nitrogens is 1. The highest BCUT2D eigenvalue weighted by Crippen LogP contribution is 2.35. The minimum absolute atomic E-state index is 0.155. The Bertz CT molecular complexity index is 562. The van der Waals surface area contributed by atoms with E-state index in [1.54, 1.807) is 12.3 Å². The van der Waals surface area contributed by atoms with Gasteiger partial charge in [0.25, 0.3) is 0 Å². The van der Waals surface area contributed by atoms with E-state index in [-0.39, 0.29) is 11.5 Å². The molecule has 0 aliphatic carbocycles. The van der Waals surface area contributed by atoms with Gasteiger partial charge in [0, 0.05) is 23.6 Å². The number of carbonyl (C=O) groups is 1. The number of phenols is 2. The first-order chi connectivity index (χ1) is 8.09. The quantitative estimate of drug-likeness (QED) is 0.507. The number of urea groups is 1. The predicted octanol–water partition coefficient (Wildman–Crippen LogP) is 0.790. The van der Waals surface area contributed by atoms with Gasteiger partial charge >= 0.3 is 6.03 Å². The van der Waals surface area contributed by atoms with Crippen LogP contribution in [0.3, 0.4) is 0 Å². The molecule has 0 saturated heterocycles. The van der Waals surface area contributed by atoms with E-state index in [4.69, 9.17) is 5.73 Å². The molecule has 2 rings (SSSR count). The average molecular weight is 235 g/mol. The van der Waals surface area contributed by atoms with E-state index in [0.29, 0.717) is 18.4 Å². The molecule has 90 valence electrons. The largest absolute Gasteiger partial charge is 0.504 e. The molecular weight excluding hydrogens is 222 g/mol. The summed E-state index contributed by atoms with van der Waals surface area (Å²) in [5, 5.41) is 22.2. The first kappa shape index (κ1) is 11.1. The van der Waals surface area contributed by atoms with Crippen molar-refractivity contribution in [1.82, 2.24) is 10.3 Å². The van der Waals surface area contributed by atoms with E-state index in [9.17, 15) is 15.0 Å². The van der Waals surface area contributed by atoms with Crippen LogP contribution in [0.4, 0.5) is 4.79 Å². The van der Waals surface area contributed by atoms with Crippen LogP contribution in [0.2, 0.25) is 0 Å². The minimum Gasteiger partial charge on any atom is -0.504 e. The fraction of sp³-hybridized carbons (Fsp3) is 0.182. The second-order valence-corrected chi connectivity index (χ2v) is 3.71. The van der Waals surface area contributed by atoms with Crippen molar-refractivity contribution in [3.8, 4) is 11.5 Å². The molecule has 0 aliphatic rings. The summed E-state index contributed by atoms with van der Waals surface area (Å²) in [6.45, 7) is 0.372. The van der Waals surface area contributed by atoms with Gasteiger partial charge in [-0.25, -0.2) is 4.79 Å². The van der Waals surface area contributed by atoms with E-state index in [0.717, 1.165) is 11.1 Å². The topological polar surface area (TPSA) is 111 Å². The van der Waals surface area contributed by atoms with Crippen molar-refractivity contribution in [2.75, 3.05) is 6.54 Å². The summed E-state index contributed by atoms with van der Waals surface area (Å²) < 4.78 is 0. The molecule has 0 fully saturated rings. The first-order valence-electron chi connectivity index (χ1n) is 5.14. The van der Waals surface area contributed by atoms with Gasteiger partial charge in [-0.2, -0.15) is 0 Å². The molecule has 2 amide bonds. The van der Waals surface area contributed by atoms with Crippen LogP contribution in [0.15, 0.2) is 18.3 Å². The lowest BCUT2D eigenvalue weighted by Crippen LogP contribution is -2.30. The number of primary amides is 1. The zero-order valence-corrected chi connectivity index (χ0v) is 9.03. The van der Waals surface area contributed by atoms with Gasteiger partial charge in [-0.15, -0.1) is 0 Å². The molecule has 17 heavy (non-hydrogen) atoms. The summed E-state index contributed by atoms with van der Waals surface area (Å²) in [4.78, 5) is 13.5. The third-order valence-electron chi connectivity index (χ3n) is 2.57. The van der Waals surface area contributed by atoms with Crippen LogP contribution in [-0.4, -0.2) is 27.8 Å². The van der Waals surface area contributed by atoms with Crippen LogP contribution in [0.1, 0.15) is 5.56 Å². The third kappa shape index (κ3) is 2.10. The molecule has 0 atom stereocenters. The molecule has 0 saturated carbocycles. The summed E-state index contributed by atoms with van der Waals surface area (Å²) >= 11 is 0. The number of aromatic amines is 1. The Labute approximate surface area is 97.1 Å². The van der Waals surface area contributed by atoms with Gasteiger partial charge in [0.1, 0.15) is 0 Å². The number of nitrogens with one attached hydrogen (secondary N) is 2. The lowest BCUT2D eigenvalue weighted by molar-refractivity contribution is 0.249. The zero-order chi connectivity index (χ0) is 12.4. The number of phenolic OH excluding ortho intramolecular Hbond substituents is 2. The molecule has 6 heteroatoms. The van der Waals surface area contributed by atoms with Crippen LogP contribution in [0.5, 0.6) is 11.5 Å². The number of hydrogen-bond acceptors (Lipinski definition) is 3. The summed E-state index contributed by atoms with van der Waals surface area (Å²) in [6, 6.07) is 2.51. The molecule has 1 heterocycles. The second kappa shape index (κ2) is 4.25. The Balaban J connectivity index is 2.28. The molecule has 0 bridgehead atoms. The van der Waals surface area contributed by atoms with Crippen LogP contribution < -0.4 is 11.1 Å². The van der Waals surface area contributed by atoms with E-state index >= 15 is 0 Å². The van der Waals surface area contributed by atoms with Crippen molar-refractivity contribution in [2.45, 2.75) is 6.42 Å². The van der Waals surface area contributed by atoms with Crippen molar-refractivity contribution < 1.29 is 15.0 Å². The summed E-state index contributed by atoms with van der Waals surface area (Å²) in [7, 11) is 0. The Hall–Kier alpha value is -2.37. The fourth-order valence-electron chi connectivity index (χ4n) is 1.78. The smallest absolute Gasteiger partial charge is 0.312 e. The molecule has 2 aromatic rings. The van der Waals surface area contributed by atoms with Gasteiger partial charge in [0.2, 0.25) is 0 Å². The normalized spacial score (nSPS) is 10.6. The summed E-state index contributed by atoms with van der Waals surface area (Å²) in [5.41, 5.74) is 6.49. The highest BCUT2D eigenvalue weighted by Gasteiger charge is 2.11. The van der Waals surface area contributed by atoms with Crippen LogP contribution in [0, 0.1) is 0 Å². The highest BCUT2D eigenvalue weighted by atomic mass is 16.3. The number of aromatic hydroxyl groups is 2. The number of rotatable bonds is 3. The van der Waals surface area contributed by atoms with Gasteiger partial charge in [-0.05, 0) is 24.1 Å². The fourth-order valence-corrected chi connectivity index (χ4v) is 1.78. The van der Waals surface area contributed by atoms with Crippen molar-refractivity contribution in [2.24, 2.45) is 5.73 Å². The lowest BCUT2D eigenvalue weighted by atomic mass is 10.1. The number of amides is 2. The summed E-state index contributed by atoms with van der Waals surface area (Å²) in [5.74, 6) is -0.320. The molecule has 0 aliphatic heterocycles. The van der Waals surface area contributed by atoms with Crippen molar-refractivity contribution in [3.63, 3.8) is 0 Å². The maximum absolute atomic E-state index is 10.5. The monoisotopic (exact) mass is 235 g/mol. The molecule has 6 N–H and O–H groups in total. The van der Waals surface area contributed by atoms with E-state index in [1.165, 1.54) is 6.07 Å². The number of carbonyl (C=O) groups excluding carboxylic acids is 1. The van der Waals surface area contributed by atoms with E-state index < -0.39 is 6.03 Å². The van der Waals surface area contributed by atoms with Gasteiger partial charge < -0.3 is 26.2 Å². The van der Waals surface area contributed by atoms with Gasteiger partial charge in [-0.1, -0.05) is 0 Å². The average Bonchev–Trinajstić information content (AvgIpc) is 2.67. The van der Waals surface area contributed by atoms with Gasteiger partial charge in [0.15, 0.2) is 11.5 Å².